The molecule has 1 amide bonds. The summed E-state index contributed by atoms with van der Waals surface area (Å²) in [5.41, 5.74) is 3.24. The van der Waals surface area contributed by atoms with Crippen molar-refractivity contribution in [2.24, 2.45) is 7.05 Å². The minimum atomic E-state index is 0.128. The summed E-state index contributed by atoms with van der Waals surface area (Å²) in [5, 5.41) is 0.128. The molecule has 1 atom stereocenters. The molecular weight excluding hydrogens is 280 g/mol. The van der Waals surface area contributed by atoms with Crippen LogP contribution in [-0.2, 0) is 13.5 Å². The number of hydrogen-bond acceptors (Lipinski definition) is 2. The lowest BCUT2D eigenvalue weighted by Crippen LogP contribution is -2.31. The van der Waals surface area contributed by atoms with Gasteiger partial charge >= 0.3 is 0 Å². The predicted molar refractivity (Wildman–Crippen MR) is 87.5 cm³/mol. The average molecular weight is 300 g/mol. The van der Waals surface area contributed by atoms with Crippen LogP contribution < -0.4 is 0 Å². The van der Waals surface area contributed by atoms with Gasteiger partial charge in [-0.15, -0.1) is 11.8 Å². The van der Waals surface area contributed by atoms with E-state index in [1.807, 2.05) is 60.2 Å². The van der Waals surface area contributed by atoms with Crippen LogP contribution in [0.2, 0.25) is 0 Å². The molecule has 2 heterocycles. The molecule has 1 saturated heterocycles. The first kappa shape index (κ1) is 14.3. The highest BCUT2D eigenvalue weighted by Crippen LogP contribution is 2.38. The first-order chi connectivity index (χ1) is 10.2. The molecular formula is C17H20N2OS. The molecule has 3 nitrogen and oxygen atoms in total. The number of carbonyl (C=O) groups is 1. The van der Waals surface area contributed by atoms with E-state index in [2.05, 4.69) is 17.6 Å². The lowest BCUT2D eigenvalue weighted by Gasteiger charge is -2.24. The van der Waals surface area contributed by atoms with E-state index in [0.29, 0.717) is 0 Å². The van der Waals surface area contributed by atoms with Gasteiger partial charge in [0.1, 0.15) is 5.37 Å². The Bertz CT molecular complexity index is 632. The number of hydrogen-bond donors (Lipinski definition) is 0. The van der Waals surface area contributed by atoms with Gasteiger partial charge < -0.3 is 9.47 Å². The Morgan fingerprint density at radius 2 is 2.05 bits per heavy atom. The van der Waals surface area contributed by atoms with Crippen molar-refractivity contribution in [3.8, 4) is 0 Å². The predicted octanol–water partition coefficient (Wildman–Crippen LogP) is 3.48. The van der Waals surface area contributed by atoms with Crippen molar-refractivity contribution in [1.29, 1.82) is 0 Å². The third-order valence-corrected chi connectivity index (χ3v) is 5.23. The molecule has 110 valence electrons. The maximum absolute atomic E-state index is 12.8. The molecule has 1 aliphatic rings. The van der Waals surface area contributed by atoms with Gasteiger partial charge in [0.25, 0.3) is 5.91 Å². The molecule has 0 aliphatic carbocycles. The average Bonchev–Trinajstić information content (AvgIpc) is 3.14. The Hall–Kier alpha value is -1.68. The van der Waals surface area contributed by atoms with Crippen molar-refractivity contribution < 1.29 is 4.79 Å². The van der Waals surface area contributed by atoms with E-state index in [0.717, 1.165) is 24.3 Å². The highest BCUT2D eigenvalue weighted by molar-refractivity contribution is 7.99. The van der Waals surface area contributed by atoms with Crippen molar-refractivity contribution >= 4 is 17.7 Å². The topological polar surface area (TPSA) is 25.2 Å². The van der Waals surface area contributed by atoms with Gasteiger partial charge in [-0.2, -0.15) is 0 Å². The van der Waals surface area contributed by atoms with Gasteiger partial charge in [-0.1, -0.05) is 19.1 Å². The summed E-state index contributed by atoms with van der Waals surface area (Å²) in [6.07, 6.45) is 3.03. The van der Waals surface area contributed by atoms with Gasteiger partial charge in [-0.05, 0) is 36.2 Å². The number of carbonyl (C=O) groups excluding carboxylic acids is 1. The van der Waals surface area contributed by atoms with Crippen LogP contribution in [0.4, 0.5) is 0 Å². The number of nitrogens with zero attached hydrogens (tertiary/aromatic N) is 2. The van der Waals surface area contributed by atoms with Crippen molar-refractivity contribution in [2.75, 3.05) is 12.3 Å². The van der Waals surface area contributed by atoms with Crippen molar-refractivity contribution in [3.63, 3.8) is 0 Å². The maximum Gasteiger partial charge on any atom is 0.255 e. The van der Waals surface area contributed by atoms with E-state index in [1.165, 1.54) is 11.3 Å². The molecule has 4 heteroatoms. The molecule has 0 unspecified atom stereocenters. The van der Waals surface area contributed by atoms with Gasteiger partial charge in [0.2, 0.25) is 0 Å². The van der Waals surface area contributed by atoms with Crippen LogP contribution in [0.15, 0.2) is 42.6 Å². The maximum atomic E-state index is 12.8. The van der Waals surface area contributed by atoms with E-state index in [1.54, 1.807) is 0 Å². The summed E-state index contributed by atoms with van der Waals surface area (Å²) >= 11 is 1.84. The molecule has 1 aromatic carbocycles. The second-order valence-corrected chi connectivity index (χ2v) is 6.50. The first-order valence-electron chi connectivity index (χ1n) is 7.33. The fourth-order valence-electron chi connectivity index (χ4n) is 2.70. The first-order valence-corrected chi connectivity index (χ1v) is 8.38. The Balaban J connectivity index is 1.84. The summed E-state index contributed by atoms with van der Waals surface area (Å²) in [6, 6.07) is 12.1. The monoisotopic (exact) mass is 300 g/mol. The summed E-state index contributed by atoms with van der Waals surface area (Å²) in [4.78, 5) is 14.8. The Kier molecular flexibility index (Phi) is 4.06. The summed E-state index contributed by atoms with van der Waals surface area (Å²) in [5.74, 6) is 1.13. The van der Waals surface area contributed by atoms with E-state index >= 15 is 0 Å². The lowest BCUT2D eigenvalue weighted by atomic mass is 10.1. The lowest BCUT2D eigenvalue weighted by molar-refractivity contribution is 0.0757. The van der Waals surface area contributed by atoms with E-state index in [9.17, 15) is 4.79 Å². The molecule has 1 fully saturated rings. The Labute approximate surface area is 130 Å². The highest BCUT2D eigenvalue weighted by Gasteiger charge is 2.32. The third-order valence-electron chi connectivity index (χ3n) is 4.00. The quantitative estimate of drug-likeness (QED) is 0.867. The van der Waals surface area contributed by atoms with Gasteiger partial charge in [-0.3, -0.25) is 4.79 Å². The second kappa shape index (κ2) is 5.98. The Morgan fingerprint density at radius 1 is 1.29 bits per heavy atom. The highest BCUT2D eigenvalue weighted by atomic mass is 32.2. The molecule has 2 aromatic rings. The molecule has 0 saturated carbocycles. The van der Waals surface area contributed by atoms with Crippen molar-refractivity contribution in [3.05, 3.63) is 59.4 Å². The van der Waals surface area contributed by atoms with Crippen LogP contribution in [0.1, 0.15) is 33.9 Å². The van der Waals surface area contributed by atoms with Crippen LogP contribution in [0.3, 0.4) is 0 Å². The molecule has 1 aliphatic heterocycles. The number of aryl methyl sites for hydroxylation is 2. The van der Waals surface area contributed by atoms with Crippen LogP contribution in [-0.4, -0.2) is 27.7 Å². The van der Waals surface area contributed by atoms with Crippen LogP contribution in [0, 0.1) is 0 Å². The second-order valence-electron chi connectivity index (χ2n) is 5.32. The molecule has 21 heavy (non-hydrogen) atoms. The van der Waals surface area contributed by atoms with Gasteiger partial charge in [0.15, 0.2) is 0 Å². The van der Waals surface area contributed by atoms with Crippen LogP contribution in [0.5, 0.6) is 0 Å². The van der Waals surface area contributed by atoms with Crippen molar-refractivity contribution in [2.45, 2.75) is 18.7 Å². The number of thioether (sulfide) groups is 1. The fourth-order valence-corrected chi connectivity index (χ4v) is 4.02. The molecule has 0 spiro atoms. The minimum absolute atomic E-state index is 0.128. The molecule has 1 aromatic heterocycles. The van der Waals surface area contributed by atoms with E-state index in [4.69, 9.17) is 0 Å². The third kappa shape index (κ3) is 2.72. The summed E-state index contributed by atoms with van der Waals surface area (Å²) in [6.45, 7) is 2.94. The zero-order chi connectivity index (χ0) is 14.8. The smallest absolute Gasteiger partial charge is 0.255 e. The summed E-state index contributed by atoms with van der Waals surface area (Å²) < 4.78 is 2.10. The Morgan fingerprint density at radius 3 is 2.67 bits per heavy atom. The largest absolute Gasteiger partial charge is 0.352 e. The van der Waals surface area contributed by atoms with E-state index < -0.39 is 0 Å². The fraction of sp³-hybridized carbons (Fsp3) is 0.353. The molecule has 0 bridgehead atoms. The zero-order valence-corrected chi connectivity index (χ0v) is 13.3. The summed E-state index contributed by atoms with van der Waals surface area (Å²) in [7, 11) is 2.03. The number of aromatic nitrogens is 1. The SMILES string of the molecule is CCc1ccc(C(=O)N2CCS[C@@H]2c2cccn2C)cc1. The van der Waals surface area contributed by atoms with Gasteiger partial charge in [0.05, 0.1) is 5.69 Å². The molecule has 0 N–H and O–H groups in total. The standard InChI is InChI=1S/C17H20N2OS/c1-3-13-6-8-14(9-7-13)16(20)19-11-12-21-17(19)15-5-4-10-18(15)2/h4-10,17H,3,11-12H2,1-2H3/t17-/m1/s1. The van der Waals surface area contributed by atoms with E-state index in [-0.39, 0.29) is 11.3 Å². The number of rotatable bonds is 3. The van der Waals surface area contributed by atoms with Crippen LogP contribution >= 0.6 is 11.8 Å². The van der Waals surface area contributed by atoms with Crippen molar-refractivity contribution in [1.82, 2.24) is 9.47 Å². The molecule has 3 rings (SSSR count). The zero-order valence-electron chi connectivity index (χ0n) is 12.5. The number of amides is 1. The van der Waals surface area contributed by atoms with Crippen LogP contribution in [0.25, 0.3) is 0 Å². The van der Waals surface area contributed by atoms with Gasteiger partial charge in [0, 0.05) is 31.1 Å². The van der Waals surface area contributed by atoms with Gasteiger partial charge in [-0.25, -0.2) is 0 Å². The molecule has 0 radical (unpaired) electrons. The number of benzene rings is 1. The minimum Gasteiger partial charge on any atom is -0.352 e. The normalized spacial score (nSPS) is 18.2.